The lowest BCUT2D eigenvalue weighted by atomic mass is 9.96. The molecule has 53 heavy (non-hydrogen) atoms. The van der Waals surface area contributed by atoms with Crippen molar-refractivity contribution in [2.45, 2.75) is 58.2 Å². The van der Waals surface area contributed by atoms with Gasteiger partial charge in [-0.15, -0.1) is 0 Å². The van der Waals surface area contributed by atoms with Gasteiger partial charge in [-0.2, -0.15) is 0 Å². The van der Waals surface area contributed by atoms with E-state index in [2.05, 4.69) is 42.5 Å². The van der Waals surface area contributed by atoms with Gasteiger partial charge in [0.2, 0.25) is 0 Å². The van der Waals surface area contributed by atoms with E-state index in [1.165, 1.54) is 5.56 Å². The van der Waals surface area contributed by atoms with Gasteiger partial charge in [-0.3, -0.25) is 24.5 Å². The molecule has 5 heterocycles. The lowest BCUT2D eigenvalue weighted by Crippen LogP contribution is -2.45. The second kappa shape index (κ2) is 16.5. The summed E-state index contributed by atoms with van der Waals surface area (Å²) in [5, 5.41) is 7.73. The van der Waals surface area contributed by atoms with Crippen molar-refractivity contribution in [2.75, 3.05) is 31.1 Å². The Kier molecular flexibility index (Phi) is 11.3. The van der Waals surface area contributed by atoms with Gasteiger partial charge >= 0.3 is 0 Å². The van der Waals surface area contributed by atoms with Crippen LogP contribution in [0.15, 0.2) is 91.6 Å². The van der Waals surface area contributed by atoms with E-state index in [-0.39, 0.29) is 23.9 Å². The predicted molar refractivity (Wildman–Crippen MR) is 212 cm³/mol. The van der Waals surface area contributed by atoms with Crippen LogP contribution in [0.25, 0.3) is 22.3 Å². The number of anilines is 1. The molecule has 0 aliphatic carbocycles. The van der Waals surface area contributed by atoms with Gasteiger partial charge in [0.15, 0.2) is 0 Å². The molecule has 0 bridgehead atoms. The number of nitrogens with zero attached hydrogens (tertiary/aromatic N) is 5. The van der Waals surface area contributed by atoms with Crippen molar-refractivity contribution in [3.63, 3.8) is 0 Å². The van der Waals surface area contributed by atoms with E-state index in [1.807, 2.05) is 50.4 Å². The van der Waals surface area contributed by atoms with Gasteiger partial charge < -0.3 is 15.5 Å². The normalized spacial score (nSPS) is 15.7. The van der Waals surface area contributed by atoms with Gasteiger partial charge in [0.1, 0.15) is 5.82 Å². The molecule has 2 aliphatic rings. The summed E-state index contributed by atoms with van der Waals surface area (Å²) in [6.07, 6.45) is 12.4. The summed E-state index contributed by atoms with van der Waals surface area (Å²) >= 11 is 13.1. The summed E-state index contributed by atoms with van der Waals surface area (Å²) in [5.74, 6) is 0.809. The zero-order valence-corrected chi connectivity index (χ0v) is 31.5. The van der Waals surface area contributed by atoms with E-state index in [0.29, 0.717) is 21.2 Å². The number of halogens is 2. The average Bonchev–Trinajstić information content (AvgIpc) is 3.17. The van der Waals surface area contributed by atoms with Gasteiger partial charge in [0.25, 0.3) is 11.8 Å². The number of carbonyl (C=O) groups excluding carboxylic acids is 2. The van der Waals surface area contributed by atoms with Crippen LogP contribution in [-0.2, 0) is 6.54 Å². The molecule has 2 fully saturated rings. The third-order valence-electron chi connectivity index (χ3n) is 10.5. The molecule has 5 aromatic rings. The molecule has 2 N–H and O–H groups in total. The van der Waals surface area contributed by atoms with Crippen molar-refractivity contribution in [1.29, 1.82) is 0 Å². The third-order valence-corrected chi connectivity index (χ3v) is 11.1. The Labute approximate surface area is 320 Å². The van der Waals surface area contributed by atoms with Crippen LogP contribution in [0.1, 0.15) is 63.1 Å². The lowest BCUT2D eigenvalue weighted by Gasteiger charge is -2.34. The van der Waals surface area contributed by atoms with Crippen LogP contribution in [0.3, 0.4) is 0 Å². The molecule has 2 saturated heterocycles. The molecule has 0 unspecified atom stereocenters. The van der Waals surface area contributed by atoms with Crippen molar-refractivity contribution in [3.8, 4) is 22.3 Å². The van der Waals surface area contributed by atoms with Crippen LogP contribution in [0, 0.1) is 13.8 Å². The summed E-state index contributed by atoms with van der Waals surface area (Å²) < 4.78 is 0. The highest BCUT2D eigenvalue weighted by atomic mass is 35.5. The molecule has 0 saturated carbocycles. The van der Waals surface area contributed by atoms with Crippen molar-refractivity contribution < 1.29 is 9.59 Å². The largest absolute Gasteiger partial charge is 0.356 e. The fourth-order valence-corrected chi connectivity index (χ4v) is 8.18. The minimum atomic E-state index is -0.0799. The Morgan fingerprint density at radius 3 is 1.64 bits per heavy atom. The maximum Gasteiger partial charge on any atom is 0.251 e. The minimum Gasteiger partial charge on any atom is -0.356 e. The van der Waals surface area contributed by atoms with Crippen molar-refractivity contribution in [3.05, 3.63) is 130 Å². The summed E-state index contributed by atoms with van der Waals surface area (Å²) in [4.78, 5) is 44.7. The standard InChI is InChI=1S/C42H43Cl2N7O2/c1-27-34(8-10-36(43)39(27)30-5-3-17-45-24-30)41(52)48-32-13-19-50(20-14-32)26-29-7-12-38(47-23-29)51-21-15-33(16-22-51)49-42(53)35-9-11-37(44)40(28(35)2)31-6-4-18-46-25-31/h3-12,17-18,23-25,32-33H,13-16,19-22,26H2,1-2H3,(H,48,52)(H,49,53). The highest BCUT2D eigenvalue weighted by Crippen LogP contribution is 2.34. The molecule has 7 rings (SSSR count). The summed E-state index contributed by atoms with van der Waals surface area (Å²) in [6.45, 7) is 8.12. The number of pyridine rings is 3. The van der Waals surface area contributed by atoms with Gasteiger partial charge in [-0.1, -0.05) is 41.4 Å². The van der Waals surface area contributed by atoms with E-state index in [1.54, 1.807) is 43.0 Å². The van der Waals surface area contributed by atoms with Crippen molar-refractivity contribution in [1.82, 2.24) is 30.5 Å². The Morgan fingerprint density at radius 1 is 0.679 bits per heavy atom. The number of nitrogens with one attached hydrogen (secondary N) is 2. The zero-order chi connectivity index (χ0) is 36.9. The number of benzene rings is 2. The van der Waals surface area contributed by atoms with Gasteiger partial charge in [-0.25, -0.2) is 4.98 Å². The molecule has 0 atom stereocenters. The maximum absolute atomic E-state index is 13.4. The molecule has 2 amide bonds. The maximum atomic E-state index is 13.4. The van der Waals surface area contributed by atoms with E-state index >= 15 is 0 Å². The Morgan fingerprint density at radius 2 is 1.19 bits per heavy atom. The summed E-state index contributed by atoms with van der Waals surface area (Å²) in [5.41, 5.74) is 7.61. The molecule has 11 heteroatoms. The molecule has 272 valence electrons. The molecule has 2 aromatic carbocycles. The Balaban J connectivity index is 0.870. The van der Waals surface area contributed by atoms with Crippen LogP contribution in [0.4, 0.5) is 5.82 Å². The smallest absolute Gasteiger partial charge is 0.251 e. The zero-order valence-electron chi connectivity index (χ0n) is 30.0. The van der Waals surface area contributed by atoms with E-state index in [9.17, 15) is 9.59 Å². The molecule has 9 nitrogen and oxygen atoms in total. The molecule has 0 radical (unpaired) electrons. The first-order valence-corrected chi connectivity index (χ1v) is 18.9. The van der Waals surface area contributed by atoms with Gasteiger partial charge in [0.05, 0.1) is 0 Å². The quantitative estimate of drug-likeness (QED) is 0.158. The number of hydrogen-bond donors (Lipinski definition) is 2. The highest BCUT2D eigenvalue weighted by Gasteiger charge is 2.26. The van der Waals surface area contributed by atoms with E-state index in [0.717, 1.165) is 97.6 Å². The molecule has 3 aromatic heterocycles. The topological polar surface area (TPSA) is 103 Å². The molecule has 0 spiro atoms. The number of carbonyl (C=O) groups is 2. The number of amides is 2. The number of hydrogen-bond acceptors (Lipinski definition) is 7. The van der Waals surface area contributed by atoms with Crippen molar-refractivity contribution >= 4 is 40.8 Å². The van der Waals surface area contributed by atoms with E-state index < -0.39 is 0 Å². The first-order valence-electron chi connectivity index (χ1n) is 18.2. The molecular weight excluding hydrogens is 705 g/mol. The van der Waals surface area contributed by atoms with Crippen LogP contribution < -0.4 is 15.5 Å². The first-order chi connectivity index (χ1) is 25.7. The fourth-order valence-electron chi connectivity index (χ4n) is 7.55. The second-order valence-electron chi connectivity index (χ2n) is 14.0. The number of likely N-dealkylation sites (tertiary alicyclic amines) is 1. The number of piperidine rings is 2. The van der Waals surface area contributed by atoms with Crippen LogP contribution in [0.2, 0.25) is 10.0 Å². The van der Waals surface area contributed by atoms with Crippen LogP contribution >= 0.6 is 23.2 Å². The second-order valence-corrected chi connectivity index (χ2v) is 14.8. The van der Waals surface area contributed by atoms with Crippen LogP contribution in [0.5, 0.6) is 0 Å². The van der Waals surface area contributed by atoms with Crippen LogP contribution in [-0.4, -0.2) is 69.9 Å². The SMILES string of the molecule is Cc1c(C(=O)NC2CCN(Cc3ccc(N4CCC(NC(=O)c5ccc(Cl)c(-c6cccnc6)c5C)CC4)nc3)CC2)ccc(Cl)c1-c1cccnc1. The first kappa shape index (κ1) is 36.5. The third kappa shape index (κ3) is 8.38. The lowest BCUT2D eigenvalue weighted by molar-refractivity contribution is 0.0905. The number of aromatic nitrogens is 3. The fraction of sp³-hybridized carbons (Fsp3) is 0.310. The minimum absolute atomic E-state index is 0.0685. The van der Waals surface area contributed by atoms with Crippen molar-refractivity contribution in [2.24, 2.45) is 0 Å². The predicted octanol–water partition coefficient (Wildman–Crippen LogP) is 7.92. The van der Waals surface area contributed by atoms with Gasteiger partial charge in [-0.05, 0) is 98.7 Å². The molecular formula is C42H43Cl2N7O2. The Hall–Kier alpha value is -4.83. The van der Waals surface area contributed by atoms with Gasteiger partial charge in [0, 0.05) is 119 Å². The average molecular weight is 749 g/mol. The highest BCUT2D eigenvalue weighted by molar-refractivity contribution is 6.34. The number of rotatable bonds is 9. The molecule has 2 aliphatic heterocycles. The summed E-state index contributed by atoms with van der Waals surface area (Å²) in [6, 6.07) is 19.3. The van der Waals surface area contributed by atoms with E-state index in [4.69, 9.17) is 28.2 Å². The summed E-state index contributed by atoms with van der Waals surface area (Å²) in [7, 11) is 0. The monoisotopic (exact) mass is 747 g/mol. The Bertz CT molecular complexity index is 2060.